The van der Waals surface area contributed by atoms with Gasteiger partial charge in [0.15, 0.2) is 12.0 Å². The van der Waals surface area contributed by atoms with Crippen LogP contribution in [-0.2, 0) is 0 Å². The van der Waals surface area contributed by atoms with Gasteiger partial charge in [0.2, 0.25) is 5.95 Å². The highest BCUT2D eigenvalue weighted by atomic mass is 16.3. The van der Waals surface area contributed by atoms with E-state index < -0.39 is 0 Å². The van der Waals surface area contributed by atoms with Gasteiger partial charge < -0.3 is 9.73 Å². The van der Waals surface area contributed by atoms with Crippen LogP contribution >= 0.6 is 0 Å². The molecule has 0 atom stereocenters. The Kier molecular flexibility index (Phi) is 3.51. The molecule has 5 heteroatoms. The highest BCUT2D eigenvalue weighted by Gasteiger charge is 2.07. The molecule has 5 nitrogen and oxygen atoms in total. The predicted octanol–water partition coefficient (Wildman–Crippen LogP) is 4.45. The summed E-state index contributed by atoms with van der Waals surface area (Å²) in [6.07, 6.45) is 2.45. The zero-order valence-electron chi connectivity index (χ0n) is 12.6. The van der Waals surface area contributed by atoms with Crippen LogP contribution in [-0.4, -0.2) is 16.3 Å². The van der Waals surface area contributed by atoms with Gasteiger partial charge in [-0.3, -0.25) is 4.79 Å². The maximum atomic E-state index is 10.7. The number of nitrogens with zero attached hydrogens (tertiary/aromatic N) is 2. The summed E-state index contributed by atoms with van der Waals surface area (Å²) in [5.41, 5.74) is 2.64. The minimum absolute atomic E-state index is 0.309. The van der Waals surface area contributed by atoms with Gasteiger partial charge in [0.25, 0.3) is 0 Å². The maximum absolute atomic E-state index is 10.7. The normalized spacial score (nSPS) is 10.7. The molecule has 2 heterocycles. The number of hydrogen-bond acceptors (Lipinski definition) is 5. The van der Waals surface area contributed by atoms with Gasteiger partial charge in [0.1, 0.15) is 5.76 Å². The van der Waals surface area contributed by atoms with E-state index in [0.717, 1.165) is 22.2 Å². The average molecular weight is 315 g/mol. The molecule has 0 radical (unpaired) electrons. The van der Waals surface area contributed by atoms with Crippen LogP contribution in [0.5, 0.6) is 0 Å². The molecule has 116 valence electrons. The largest absolute Gasteiger partial charge is 0.453 e. The zero-order chi connectivity index (χ0) is 16.4. The second kappa shape index (κ2) is 5.96. The number of anilines is 2. The van der Waals surface area contributed by atoms with E-state index in [1.165, 1.54) is 0 Å². The van der Waals surface area contributed by atoms with E-state index in [1.807, 2.05) is 48.5 Å². The van der Waals surface area contributed by atoms with Crippen LogP contribution in [0.15, 0.2) is 71.3 Å². The van der Waals surface area contributed by atoms with E-state index in [9.17, 15) is 4.79 Å². The van der Waals surface area contributed by atoms with Crippen molar-refractivity contribution < 1.29 is 9.21 Å². The molecule has 0 fully saturated rings. The fraction of sp³-hybridized carbons (Fsp3) is 0. The first-order valence-corrected chi connectivity index (χ1v) is 7.46. The molecule has 4 aromatic rings. The number of aldehydes is 1. The van der Waals surface area contributed by atoms with Crippen LogP contribution < -0.4 is 5.32 Å². The summed E-state index contributed by atoms with van der Waals surface area (Å²) in [5.74, 6) is 1.50. The molecule has 0 aliphatic heterocycles. The molecule has 24 heavy (non-hydrogen) atoms. The first kappa shape index (κ1) is 14.1. The lowest BCUT2D eigenvalue weighted by Crippen LogP contribution is -1.96. The van der Waals surface area contributed by atoms with Gasteiger partial charge in [-0.25, -0.2) is 9.97 Å². The number of carbonyl (C=O) groups is 1. The van der Waals surface area contributed by atoms with Crippen molar-refractivity contribution in [1.82, 2.24) is 9.97 Å². The Morgan fingerprint density at radius 2 is 1.88 bits per heavy atom. The topological polar surface area (TPSA) is 68.0 Å². The van der Waals surface area contributed by atoms with Crippen LogP contribution in [0.4, 0.5) is 11.6 Å². The second-order valence-corrected chi connectivity index (χ2v) is 5.28. The fourth-order valence-corrected chi connectivity index (χ4v) is 2.47. The van der Waals surface area contributed by atoms with Gasteiger partial charge in [-0.05, 0) is 42.5 Å². The lowest BCUT2D eigenvalue weighted by molar-refractivity contribution is 0.110. The summed E-state index contributed by atoms with van der Waals surface area (Å²) in [5, 5.41) is 4.07. The number of rotatable bonds is 4. The molecule has 0 amide bonds. The van der Waals surface area contributed by atoms with Crippen molar-refractivity contribution in [3.63, 3.8) is 0 Å². The lowest BCUT2D eigenvalue weighted by atomic mass is 10.1. The van der Waals surface area contributed by atoms with Crippen molar-refractivity contribution in [2.45, 2.75) is 0 Å². The fourth-order valence-electron chi connectivity index (χ4n) is 2.47. The molecule has 0 unspecified atom stereocenters. The Morgan fingerprint density at radius 1 is 1.00 bits per heavy atom. The number of nitrogens with one attached hydrogen (secondary N) is 1. The summed E-state index contributed by atoms with van der Waals surface area (Å²) in [7, 11) is 0. The van der Waals surface area contributed by atoms with Gasteiger partial charge in [-0.15, -0.1) is 0 Å². The van der Waals surface area contributed by atoms with Gasteiger partial charge in [-0.1, -0.05) is 18.2 Å². The number of hydrogen-bond donors (Lipinski definition) is 1. The lowest BCUT2D eigenvalue weighted by Gasteiger charge is -2.06. The number of benzene rings is 2. The highest BCUT2D eigenvalue weighted by molar-refractivity contribution is 5.84. The van der Waals surface area contributed by atoms with Crippen molar-refractivity contribution in [1.29, 1.82) is 0 Å². The van der Waals surface area contributed by atoms with Crippen LogP contribution in [0.25, 0.3) is 22.2 Å². The molecule has 0 aliphatic carbocycles. The van der Waals surface area contributed by atoms with Crippen molar-refractivity contribution in [2.75, 3.05) is 5.32 Å². The Bertz CT molecular complexity index is 1010. The highest BCUT2D eigenvalue weighted by Crippen LogP contribution is 2.25. The molecular formula is C19H13N3O2. The van der Waals surface area contributed by atoms with E-state index in [-0.39, 0.29) is 0 Å². The van der Waals surface area contributed by atoms with E-state index in [0.29, 0.717) is 23.8 Å². The molecule has 0 bridgehead atoms. The van der Waals surface area contributed by atoms with Gasteiger partial charge in [0, 0.05) is 22.8 Å². The van der Waals surface area contributed by atoms with Gasteiger partial charge in [-0.2, -0.15) is 0 Å². The first-order valence-electron chi connectivity index (χ1n) is 7.46. The van der Waals surface area contributed by atoms with E-state index in [4.69, 9.17) is 4.42 Å². The monoisotopic (exact) mass is 315 g/mol. The molecule has 2 aromatic carbocycles. The first-order chi connectivity index (χ1) is 11.8. The minimum atomic E-state index is 0.309. The molecule has 2 aromatic heterocycles. The second-order valence-electron chi connectivity index (χ2n) is 5.28. The predicted molar refractivity (Wildman–Crippen MR) is 92.4 cm³/mol. The van der Waals surface area contributed by atoms with Crippen LogP contribution in [0.2, 0.25) is 0 Å². The number of aromatic nitrogens is 2. The number of carbonyl (C=O) groups excluding carboxylic acids is 1. The Hall–Kier alpha value is -3.47. The quantitative estimate of drug-likeness (QED) is 0.564. The third-order valence-corrected chi connectivity index (χ3v) is 3.64. The molecule has 0 spiro atoms. The molecule has 0 saturated carbocycles. The van der Waals surface area contributed by atoms with E-state index >= 15 is 0 Å². The molecule has 0 aliphatic rings. The Labute approximate surface area is 138 Å². The molecule has 0 saturated heterocycles. The van der Waals surface area contributed by atoms with Crippen molar-refractivity contribution >= 4 is 28.8 Å². The summed E-state index contributed by atoms with van der Waals surface area (Å²) < 4.78 is 5.45. The number of furan rings is 1. The van der Waals surface area contributed by atoms with Gasteiger partial charge >= 0.3 is 0 Å². The van der Waals surface area contributed by atoms with Crippen LogP contribution in [0.1, 0.15) is 10.6 Å². The Balaban J connectivity index is 1.66. The van der Waals surface area contributed by atoms with E-state index in [2.05, 4.69) is 15.3 Å². The minimum Gasteiger partial charge on any atom is -0.453 e. The molecule has 4 rings (SSSR count). The summed E-state index contributed by atoms with van der Waals surface area (Å²) in [6.45, 7) is 0. The third-order valence-electron chi connectivity index (χ3n) is 3.64. The molecular weight excluding hydrogens is 302 g/mol. The number of para-hydroxylation sites is 1. The van der Waals surface area contributed by atoms with Crippen LogP contribution in [0.3, 0.4) is 0 Å². The average Bonchev–Trinajstić information content (AvgIpc) is 3.11. The summed E-state index contributed by atoms with van der Waals surface area (Å²) in [4.78, 5) is 19.6. The van der Waals surface area contributed by atoms with Crippen molar-refractivity contribution in [2.24, 2.45) is 0 Å². The summed E-state index contributed by atoms with van der Waals surface area (Å²) >= 11 is 0. The van der Waals surface area contributed by atoms with E-state index in [1.54, 1.807) is 18.3 Å². The smallest absolute Gasteiger partial charge is 0.227 e. The number of fused-ring (bicyclic) bond motifs is 1. The zero-order valence-corrected chi connectivity index (χ0v) is 12.6. The third kappa shape index (κ3) is 2.75. The standard InChI is InChI=1S/C19H13N3O2/c23-12-16-7-9-18(24-16)13-6-8-17-14(10-13)11-20-19(22-17)21-15-4-2-1-3-5-15/h1-12H,(H,20,21,22). The van der Waals surface area contributed by atoms with Crippen molar-refractivity contribution in [3.05, 3.63) is 72.6 Å². The van der Waals surface area contributed by atoms with Crippen LogP contribution in [0, 0.1) is 0 Å². The van der Waals surface area contributed by atoms with Crippen molar-refractivity contribution in [3.8, 4) is 11.3 Å². The maximum Gasteiger partial charge on any atom is 0.227 e. The summed E-state index contributed by atoms with van der Waals surface area (Å²) in [6, 6.07) is 19.0. The molecule has 1 N–H and O–H groups in total. The Morgan fingerprint density at radius 3 is 2.67 bits per heavy atom. The van der Waals surface area contributed by atoms with Gasteiger partial charge in [0.05, 0.1) is 5.52 Å². The SMILES string of the molecule is O=Cc1ccc(-c2ccc3nc(Nc4ccccc4)ncc3c2)o1.